The third-order valence-electron chi connectivity index (χ3n) is 5.39. The van der Waals surface area contributed by atoms with E-state index in [9.17, 15) is 20.1 Å². The number of nitro groups is 1. The maximum Gasteiger partial charge on any atom is 0.344 e. The van der Waals surface area contributed by atoms with Crippen molar-refractivity contribution in [2.75, 3.05) is 12.0 Å². The van der Waals surface area contributed by atoms with Crippen LogP contribution in [0.2, 0.25) is 0 Å². The van der Waals surface area contributed by atoms with E-state index in [1.807, 2.05) is 48.5 Å². The summed E-state index contributed by atoms with van der Waals surface area (Å²) in [5.41, 5.74) is 10.6. The Labute approximate surface area is 216 Å². The number of nitrogens with two attached hydrogens (primary N) is 1. The van der Waals surface area contributed by atoms with Gasteiger partial charge in [-0.25, -0.2) is 9.48 Å². The smallest absolute Gasteiger partial charge is 0.344 e. The van der Waals surface area contributed by atoms with Gasteiger partial charge in [0.05, 0.1) is 17.2 Å². The number of benzene rings is 3. The summed E-state index contributed by atoms with van der Waals surface area (Å²) in [7, 11) is 0. The molecule has 12 heteroatoms. The van der Waals surface area contributed by atoms with Gasteiger partial charge in [0.1, 0.15) is 17.0 Å². The number of non-ortho nitro benzene ring substituents is 1. The van der Waals surface area contributed by atoms with Gasteiger partial charge in [-0.05, 0) is 31.2 Å². The number of para-hydroxylation sites is 1. The molecule has 0 bridgehead atoms. The van der Waals surface area contributed by atoms with Crippen LogP contribution in [0.1, 0.15) is 22.8 Å². The lowest BCUT2D eigenvalue weighted by Crippen LogP contribution is -2.26. The van der Waals surface area contributed by atoms with Crippen molar-refractivity contribution in [1.82, 2.24) is 9.78 Å². The molecule has 4 rings (SSSR count). The average Bonchev–Trinajstić information content (AvgIpc) is 3.34. The van der Waals surface area contributed by atoms with Crippen molar-refractivity contribution in [2.45, 2.75) is 6.92 Å². The predicted molar refractivity (Wildman–Crippen MR) is 142 cm³/mol. The van der Waals surface area contributed by atoms with Gasteiger partial charge in [-0.2, -0.15) is 10.2 Å². The molecule has 0 aliphatic rings. The highest BCUT2D eigenvalue weighted by atomic mass is 16.6. The van der Waals surface area contributed by atoms with Crippen molar-refractivity contribution in [3.8, 4) is 16.9 Å². The molecule has 0 amide bonds. The van der Waals surface area contributed by atoms with Crippen molar-refractivity contribution in [1.29, 1.82) is 0 Å². The minimum Gasteiger partial charge on any atom is -0.462 e. The molecule has 1 aromatic heterocycles. The number of carbonyl (C=O) groups is 1. The van der Waals surface area contributed by atoms with E-state index in [0.29, 0.717) is 22.5 Å². The minimum atomic E-state index is -0.632. The Morgan fingerprint density at radius 3 is 2.29 bits per heavy atom. The fourth-order valence-corrected chi connectivity index (χ4v) is 3.64. The number of hydrogen-bond acceptors (Lipinski definition) is 9. The summed E-state index contributed by atoms with van der Waals surface area (Å²) < 4.78 is 6.84. The van der Waals surface area contributed by atoms with Crippen LogP contribution in [0.5, 0.6) is 0 Å². The maximum absolute atomic E-state index is 13.2. The lowest BCUT2D eigenvalue weighted by atomic mass is 10.1. The highest BCUT2D eigenvalue weighted by Gasteiger charge is 2.27. The second-order valence-corrected chi connectivity index (χ2v) is 7.77. The summed E-state index contributed by atoms with van der Waals surface area (Å²) in [6, 6.07) is 23.5. The summed E-state index contributed by atoms with van der Waals surface area (Å²) in [5.74, 6) is -0.830. The van der Waals surface area contributed by atoms with Crippen LogP contribution in [0.4, 0.5) is 11.5 Å². The van der Waals surface area contributed by atoms with Gasteiger partial charge in [0.2, 0.25) is 0 Å². The van der Waals surface area contributed by atoms with Gasteiger partial charge in [-0.3, -0.25) is 15.5 Å². The molecule has 12 nitrogen and oxygen atoms in total. The molecule has 38 heavy (non-hydrogen) atoms. The fraction of sp³-hybridized carbons (Fsp3) is 0.0769. The summed E-state index contributed by atoms with van der Waals surface area (Å²) in [5, 5.41) is 32.5. The lowest BCUT2D eigenvalue weighted by Gasteiger charge is -2.11. The van der Waals surface area contributed by atoms with E-state index in [-0.39, 0.29) is 35.2 Å². The first-order chi connectivity index (χ1) is 18.4. The Hall–Kier alpha value is -5.52. The largest absolute Gasteiger partial charge is 0.462 e. The number of esters is 1. The number of anilines is 1. The molecule has 4 N–H and O–H groups in total. The summed E-state index contributed by atoms with van der Waals surface area (Å²) in [6.07, 6.45) is 0. The molecular weight excluding hydrogens is 490 g/mol. The van der Waals surface area contributed by atoms with E-state index in [2.05, 4.69) is 15.7 Å². The van der Waals surface area contributed by atoms with Gasteiger partial charge < -0.3 is 15.7 Å². The monoisotopic (exact) mass is 513 g/mol. The van der Waals surface area contributed by atoms with E-state index < -0.39 is 10.9 Å². The number of nitrogens with zero attached hydrogens (tertiary/aromatic N) is 5. The topological polar surface area (TPSA) is 170 Å². The number of nitro benzene ring substituents is 1. The van der Waals surface area contributed by atoms with Crippen LogP contribution in [-0.4, -0.2) is 44.0 Å². The van der Waals surface area contributed by atoms with Crippen molar-refractivity contribution >= 4 is 29.0 Å². The summed E-state index contributed by atoms with van der Waals surface area (Å²) in [6.45, 7) is 1.82. The number of rotatable bonds is 9. The van der Waals surface area contributed by atoms with E-state index in [0.717, 1.165) is 0 Å². The van der Waals surface area contributed by atoms with Crippen LogP contribution in [0.15, 0.2) is 95.2 Å². The Morgan fingerprint density at radius 1 is 1.08 bits per heavy atom. The van der Waals surface area contributed by atoms with E-state index >= 15 is 0 Å². The Bertz CT molecular complexity index is 1500. The zero-order valence-corrected chi connectivity index (χ0v) is 20.2. The number of ether oxygens (including phenoxy) is 1. The molecule has 0 saturated carbocycles. The second kappa shape index (κ2) is 11.5. The van der Waals surface area contributed by atoms with E-state index in [4.69, 9.17) is 15.6 Å². The average molecular weight is 514 g/mol. The van der Waals surface area contributed by atoms with E-state index in [1.165, 1.54) is 28.9 Å². The third-order valence-corrected chi connectivity index (χ3v) is 5.39. The molecular formula is C26H23N7O5. The lowest BCUT2D eigenvalue weighted by molar-refractivity contribution is -0.384. The molecule has 0 atom stereocenters. The number of carbonyl (C=O) groups excluding carboxylic acids is 1. The van der Waals surface area contributed by atoms with Crippen molar-refractivity contribution in [3.63, 3.8) is 0 Å². The van der Waals surface area contributed by atoms with Crippen molar-refractivity contribution in [2.24, 2.45) is 16.0 Å². The van der Waals surface area contributed by atoms with Crippen molar-refractivity contribution < 1.29 is 19.7 Å². The van der Waals surface area contributed by atoms with Crippen LogP contribution in [0, 0.1) is 10.1 Å². The van der Waals surface area contributed by atoms with Crippen LogP contribution in [-0.2, 0) is 4.74 Å². The molecule has 0 radical (unpaired) electrons. The molecule has 3 aromatic carbocycles. The second-order valence-electron chi connectivity index (χ2n) is 7.77. The minimum absolute atomic E-state index is 0.0284. The highest BCUT2D eigenvalue weighted by molar-refractivity contribution is 6.47. The van der Waals surface area contributed by atoms with Gasteiger partial charge >= 0.3 is 5.97 Å². The molecule has 0 spiro atoms. The third kappa shape index (κ3) is 5.33. The van der Waals surface area contributed by atoms with Crippen LogP contribution >= 0.6 is 0 Å². The fourth-order valence-electron chi connectivity index (χ4n) is 3.64. The first-order valence-corrected chi connectivity index (χ1v) is 11.4. The molecule has 192 valence electrons. The number of hydrogen-bond donors (Lipinski definition) is 3. The normalized spacial score (nSPS) is 11.7. The van der Waals surface area contributed by atoms with E-state index in [1.54, 1.807) is 19.1 Å². The SMILES string of the molecule is CCOC(=O)c1c(-c2ccccc2)nn(-c2ccccc2)c1N/N=C(\C(N)=N\O)c1ccc([N+](=O)[O-])cc1. The van der Waals surface area contributed by atoms with Gasteiger partial charge in [0.15, 0.2) is 11.7 Å². The van der Waals surface area contributed by atoms with Crippen LogP contribution in [0.3, 0.4) is 0 Å². The maximum atomic E-state index is 13.2. The van der Waals surface area contributed by atoms with Crippen LogP contribution in [0.25, 0.3) is 16.9 Å². The number of oxime groups is 1. The molecule has 0 aliphatic heterocycles. The Morgan fingerprint density at radius 2 is 1.71 bits per heavy atom. The number of amidine groups is 1. The van der Waals surface area contributed by atoms with Gasteiger partial charge in [-0.1, -0.05) is 53.7 Å². The van der Waals surface area contributed by atoms with Gasteiger partial charge in [0, 0.05) is 23.3 Å². The molecule has 0 aliphatic carbocycles. The molecule has 0 unspecified atom stereocenters. The quantitative estimate of drug-likeness (QED) is 0.0747. The molecule has 0 saturated heterocycles. The summed E-state index contributed by atoms with van der Waals surface area (Å²) in [4.78, 5) is 23.7. The zero-order valence-electron chi connectivity index (χ0n) is 20.2. The first-order valence-electron chi connectivity index (χ1n) is 11.4. The Kier molecular flexibility index (Phi) is 7.72. The molecule has 1 heterocycles. The number of aromatic nitrogens is 2. The van der Waals surface area contributed by atoms with Crippen LogP contribution < -0.4 is 11.2 Å². The predicted octanol–water partition coefficient (Wildman–Crippen LogP) is 4.19. The molecule has 0 fully saturated rings. The number of hydrazone groups is 1. The Balaban J connectivity index is 1.91. The van der Waals surface area contributed by atoms with Gasteiger partial charge in [-0.15, -0.1) is 0 Å². The zero-order chi connectivity index (χ0) is 27.1. The highest BCUT2D eigenvalue weighted by Crippen LogP contribution is 2.32. The number of nitrogens with one attached hydrogen (secondary N) is 1. The summed E-state index contributed by atoms with van der Waals surface area (Å²) >= 11 is 0. The van der Waals surface area contributed by atoms with Gasteiger partial charge in [0.25, 0.3) is 5.69 Å². The van der Waals surface area contributed by atoms with Crippen molar-refractivity contribution in [3.05, 3.63) is 106 Å². The molecule has 4 aromatic rings. The standard InChI is InChI=1S/C26H23N7O5/c1-2-38-26(34)21-22(17-9-5-3-6-10-17)30-32(19-11-7-4-8-12-19)25(21)29-28-23(24(27)31-35)18-13-15-20(16-14-18)33(36)37/h3-16,29,35H,2H2,1H3,(H2,27,31)/b28-23-. The first kappa shape index (κ1) is 25.6.